The summed E-state index contributed by atoms with van der Waals surface area (Å²) in [6.07, 6.45) is 6.28. The minimum Gasteiger partial charge on any atom is -0.336 e. The molecule has 0 aromatic carbocycles. The molecule has 1 aromatic heterocycles. The lowest BCUT2D eigenvalue weighted by Crippen LogP contribution is -2.48. The number of amides is 1. The van der Waals surface area contributed by atoms with Crippen LogP contribution in [0.4, 0.5) is 5.69 Å². The van der Waals surface area contributed by atoms with E-state index in [4.69, 9.17) is 18.0 Å². The Bertz CT molecular complexity index is 606. The summed E-state index contributed by atoms with van der Waals surface area (Å²) in [6, 6.07) is 1.16. The number of hydrogen-bond acceptors (Lipinski definition) is 5. The molecule has 8 heteroatoms. The van der Waals surface area contributed by atoms with Gasteiger partial charge >= 0.3 is 0 Å². The third-order valence-electron chi connectivity index (χ3n) is 3.24. The second kappa shape index (κ2) is 6.52. The fourth-order valence-electron chi connectivity index (χ4n) is 2.10. The molecule has 0 aliphatic carbocycles. The molecule has 7 nitrogen and oxygen atoms in total. The van der Waals surface area contributed by atoms with Crippen LogP contribution in [-0.4, -0.2) is 58.3 Å². The summed E-state index contributed by atoms with van der Waals surface area (Å²) in [5.41, 5.74) is -0.204. The summed E-state index contributed by atoms with van der Waals surface area (Å²) >= 11 is 5.88. The third-order valence-corrected chi connectivity index (χ3v) is 3.54. The first-order chi connectivity index (χ1) is 10.0. The van der Waals surface area contributed by atoms with Crippen molar-refractivity contribution in [3.05, 3.63) is 33.1 Å². The van der Waals surface area contributed by atoms with Crippen molar-refractivity contribution >= 4 is 23.2 Å². The van der Waals surface area contributed by atoms with E-state index in [9.17, 15) is 14.9 Å². The maximum Gasteiger partial charge on any atom is 0.288 e. The zero-order valence-electron chi connectivity index (χ0n) is 11.2. The molecule has 0 saturated carbocycles. The quantitative estimate of drug-likeness (QED) is 0.361. The minimum absolute atomic E-state index is 0.0309. The SMILES string of the molecule is C#CCN1CCN(C(=O)c2cc([N+](=O)[O-])cnc2Cl)CC1. The van der Waals surface area contributed by atoms with E-state index in [0.29, 0.717) is 32.7 Å². The van der Waals surface area contributed by atoms with Crippen LogP contribution in [0.5, 0.6) is 0 Å². The summed E-state index contributed by atoms with van der Waals surface area (Å²) in [5.74, 6) is 2.21. The molecule has 0 unspecified atom stereocenters. The van der Waals surface area contributed by atoms with Crippen molar-refractivity contribution < 1.29 is 9.72 Å². The molecule has 0 atom stereocenters. The molecule has 0 N–H and O–H groups in total. The molecule has 1 fully saturated rings. The third kappa shape index (κ3) is 3.48. The topological polar surface area (TPSA) is 79.6 Å². The van der Waals surface area contributed by atoms with E-state index < -0.39 is 4.92 Å². The molecular weight excluding hydrogens is 296 g/mol. The number of carbonyl (C=O) groups is 1. The molecular formula is C13H13ClN4O3. The van der Waals surface area contributed by atoms with Gasteiger partial charge in [0.25, 0.3) is 11.6 Å². The molecule has 21 heavy (non-hydrogen) atoms. The van der Waals surface area contributed by atoms with E-state index in [0.717, 1.165) is 12.3 Å². The van der Waals surface area contributed by atoms with Crippen LogP contribution in [0.3, 0.4) is 0 Å². The van der Waals surface area contributed by atoms with Crippen molar-refractivity contribution in [1.82, 2.24) is 14.8 Å². The Balaban J connectivity index is 2.12. The number of nitro groups is 1. The Hall–Kier alpha value is -2.17. The molecule has 0 bridgehead atoms. The van der Waals surface area contributed by atoms with Crippen molar-refractivity contribution in [3.8, 4) is 12.3 Å². The number of carbonyl (C=O) groups excluding carboxylic acids is 1. The number of rotatable bonds is 3. The van der Waals surface area contributed by atoms with Gasteiger partial charge in [0.1, 0.15) is 11.3 Å². The predicted molar refractivity (Wildman–Crippen MR) is 77.1 cm³/mol. The Labute approximate surface area is 126 Å². The zero-order valence-corrected chi connectivity index (χ0v) is 11.9. The smallest absolute Gasteiger partial charge is 0.288 e. The van der Waals surface area contributed by atoms with Gasteiger partial charge in [-0.15, -0.1) is 6.42 Å². The number of piperazine rings is 1. The molecule has 0 spiro atoms. The van der Waals surface area contributed by atoms with Crippen LogP contribution in [-0.2, 0) is 0 Å². The van der Waals surface area contributed by atoms with Gasteiger partial charge in [-0.1, -0.05) is 17.5 Å². The first kappa shape index (κ1) is 15.2. The first-order valence-corrected chi connectivity index (χ1v) is 6.65. The van der Waals surface area contributed by atoms with Crippen LogP contribution in [0.15, 0.2) is 12.3 Å². The fraction of sp³-hybridized carbons (Fsp3) is 0.385. The summed E-state index contributed by atoms with van der Waals surface area (Å²) in [4.78, 5) is 29.9. The minimum atomic E-state index is -0.606. The molecule has 1 aromatic rings. The van der Waals surface area contributed by atoms with E-state index in [-0.39, 0.29) is 22.3 Å². The fourth-order valence-corrected chi connectivity index (χ4v) is 2.28. The van der Waals surface area contributed by atoms with E-state index >= 15 is 0 Å². The van der Waals surface area contributed by atoms with E-state index in [2.05, 4.69) is 15.8 Å². The van der Waals surface area contributed by atoms with Crippen LogP contribution in [0, 0.1) is 22.5 Å². The van der Waals surface area contributed by atoms with Crippen molar-refractivity contribution in [1.29, 1.82) is 0 Å². The maximum atomic E-state index is 12.4. The average molecular weight is 309 g/mol. The van der Waals surface area contributed by atoms with Crippen LogP contribution < -0.4 is 0 Å². The summed E-state index contributed by atoms with van der Waals surface area (Å²) in [6.45, 7) is 2.87. The van der Waals surface area contributed by atoms with Gasteiger partial charge in [-0.3, -0.25) is 19.8 Å². The molecule has 2 heterocycles. The van der Waals surface area contributed by atoms with Gasteiger partial charge in [-0.05, 0) is 0 Å². The molecule has 1 amide bonds. The van der Waals surface area contributed by atoms with Gasteiger partial charge in [0.2, 0.25) is 0 Å². The number of halogens is 1. The lowest BCUT2D eigenvalue weighted by atomic mass is 10.2. The highest BCUT2D eigenvalue weighted by Gasteiger charge is 2.25. The lowest BCUT2D eigenvalue weighted by Gasteiger charge is -2.33. The predicted octanol–water partition coefficient (Wildman–Crippen LogP) is 1.03. The molecule has 110 valence electrons. The largest absolute Gasteiger partial charge is 0.336 e. The monoisotopic (exact) mass is 308 g/mol. The highest BCUT2D eigenvalue weighted by atomic mass is 35.5. The second-order valence-corrected chi connectivity index (χ2v) is 4.92. The van der Waals surface area contributed by atoms with Gasteiger partial charge in [0.15, 0.2) is 0 Å². The molecule has 1 aliphatic heterocycles. The standard InChI is InChI=1S/C13H13ClN4O3/c1-2-3-16-4-6-17(7-5-16)13(19)11-8-10(18(20)21)9-15-12(11)14/h1,8-9H,3-7H2. The van der Waals surface area contributed by atoms with Crippen LogP contribution in [0.25, 0.3) is 0 Å². The van der Waals surface area contributed by atoms with Gasteiger partial charge in [0.05, 0.1) is 17.0 Å². The van der Waals surface area contributed by atoms with E-state index in [1.54, 1.807) is 4.90 Å². The van der Waals surface area contributed by atoms with E-state index in [1.807, 2.05) is 0 Å². The molecule has 1 saturated heterocycles. The normalized spacial score (nSPS) is 15.5. The lowest BCUT2D eigenvalue weighted by molar-refractivity contribution is -0.385. The summed E-state index contributed by atoms with van der Waals surface area (Å²) in [5, 5.41) is 10.7. The second-order valence-electron chi connectivity index (χ2n) is 4.56. The number of pyridine rings is 1. The Morgan fingerprint density at radius 1 is 1.48 bits per heavy atom. The Kier molecular flexibility index (Phi) is 4.73. The van der Waals surface area contributed by atoms with Crippen LogP contribution in [0.2, 0.25) is 5.15 Å². The van der Waals surface area contributed by atoms with E-state index in [1.165, 1.54) is 0 Å². The molecule has 0 radical (unpaired) electrons. The summed E-state index contributed by atoms with van der Waals surface area (Å²) in [7, 11) is 0. The molecule has 2 rings (SSSR count). The highest BCUT2D eigenvalue weighted by molar-refractivity contribution is 6.32. The highest BCUT2D eigenvalue weighted by Crippen LogP contribution is 2.21. The Morgan fingerprint density at radius 2 is 2.14 bits per heavy atom. The van der Waals surface area contributed by atoms with Crippen molar-refractivity contribution in [3.63, 3.8) is 0 Å². The van der Waals surface area contributed by atoms with Crippen molar-refractivity contribution in [2.24, 2.45) is 0 Å². The first-order valence-electron chi connectivity index (χ1n) is 6.28. The number of nitrogens with zero attached hydrogens (tertiary/aromatic N) is 4. The van der Waals surface area contributed by atoms with Crippen molar-refractivity contribution in [2.75, 3.05) is 32.7 Å². The van der Waals surface area contributed by atoms with Gasteiger partial charge < -0.3 is 4.90 Å². The van der Waals surface area contributed by atoms with Crippen molar-refractivity contribution in [2.45, 2.75) is 0 Å². The Morgan fingerprint density at radius 3 is 2.71 bits per heavy atom. The van der Waals surface area contributed by atoms with Gasteiger partial charge in [0, 0.05) is 32.2 Å². The maximum absolute atomic E-state index is 12.4. The number of hydrogen-bond donors (Lipinski definition) is 0. The van der Waals surface area contributed by atoms with Gasteiger partial charge in [-0.25, -0.2) is 4.98 Å². The number of aromatic nitrogens is 1. The summed E-state index contributed by atoms with van der Waals surface area (Å²) < 4.78 is 0. The average Bonchev–Trinajstić information content (AvgIpc) is 2.48. The van der Waals surface area contributed by atoms with Crippen LogP contribution >= 0.6 is 11.6 Å². The molecule has 1 aliphatic rings. The number of terminal acetylenes is 1. The van der Waals surface area contributed by atoms with Crippen LogP contribution in [0.1, 0.15) is 10.4 Å². The van der Waals surface area contributed by atoms with Gasteiger partial charge in [-0.2, -0.15) is 0 Å². The zero-order chi connectivity index (χ0) is 15.4.